The molecule has 5 heteroatoms. The molecule has 18 heavy (non-hydrogen) atoms. The number of halogens is 2. The smallest absolute Gasteiger partial charge is 0.0587 e. The molecule has 0 saturated carbocycles. The zero-order chi connectivity index (χ0) is 13.4. The molecule has 0 unspecified atom stereocenters. The molecule has 0 spiro atoms. The maximum absolute atomic E-state index is 4.98. The van der Waals surface area contributed by atoms with Crippen molar-refractivity contribution in [3.05, 3.63) is 32.7 Å². The predicted molar refractivity (Wildman–Crippen MR) is 82.9 cm³/mol. The van der Waals surface area contributed by atoms with Crippen LogP contribution in [0, 0.1) is 0 Å². The van der Waals surface area contributed by atoms with Gasteiger partial charge in [0.1, 0.15) is 0 Å². The van der Waals surface area contributed by atoms with Crippen LogP contribution in [0.5, 0.6) is 0 Å². The van der Waals surface area contributed by atoms with Crippen LogP contribution in [0.2, 0.25) is 0 Å². The number of likely N-dealkylation sites (N-methyl/N-ethyl adjacent to an activating group) is 1. The van der Waals surface area contributed by atoms with Gasteiger partial charge in [-0.05, 0) is 24.7 Å². The topological polar surface area (TPSA) is 24.5 Å². The lowest BCUT2D eigenvalue weighted by Crippen LogP contribution is -2.30. The highest BCUT2D eigenvalue weighted by Gasteiger charge is 2.04. The van der Waals surface area contributed by atoms with E-state index in [0.29, 0.717) is 0 Å². The molecule has 0 atom stereocenters. The molecule has 0 fully saturated rings. The maximum Gasteiger partial charge on any atom is 0.0587 e. The van der Waals surface area contributed by atoms with Gasteiger partial charge in [0, 0.05) is 42.2 Å². The number of nitrogens with one attached hydrogen (secondary N) is 1. The normalized spacial score (nSPS) is 11.2. The third-order valence-corrected chi connectivity index (χ3v) is 3.84. The fourth-order valence-electron chi connectivity index (χ4n) is 1.59. The fraction of sp³-hybridized carbons (Fsp3) is 0.538. The second-order valence-corrected chi connectivity index (χ2v) is 5.99. The van der Waals surface area contributed by atoms with Crippen molar-refractivity contribution < 1.29 is 4.74 Å². The van der Waals surface area contributed by atoms with Crippen LogP contribution in [-0.2, 0) is 11.3 Å². The lowest BCUT2D eigenvalue weighted by Gasteiger charge is -2.18. The van der Waals surface area contributed by atoms with Crippen LogP contribution < -0.4 is 5.32 Å². The molecule has 0 aliphatic carbocycles. The van der Waals surface area contributed by atoms with Gasteiger partial charge in [0.25, 0.3) is 0 Å². The third-order valence-electron chi connectivity index (χ3n) is 2.61. The summed E-state index contributed by atoms with van der Waals surface area (Å²) in [5.41, 5.74) is 1.30. The summed E-state index contributed by atoms with van der Waals surface area (Å²) in [6.45, 7) is 4.62. The first-order valence-corrected chi connectivity index (χ1v) is 7.54. The Morgan fingerprint density at radius 1 is 1.28 bits per heavy atom. The van der Waals surface area contributed by atoms with Crippen LogP contribution in [0.3, 0.4) is 0 Å². The monoisotopic (exact) mass is 378 g/mol. The van der Waals surface area contributed by atoms with E-state index >= 15 is 0 Å². The zero-order valence-corrected chi connectivity index (χ0v) is 14.1. The number of rotatable bonds is 8. The molecular formula is C13H20Br2N2O. The molecule has 0 bridgehead atoms. The summed E-state index contributed by atoms with van der Waals surface area (Å²) < 4.78 is 7.23. The van der Waals surface area contributed by atoms with Gasteiger partial charge in [0.15, 0.2) is 0 Å². The van der Waals surface area contributed by atoms with Crippen LogP contribution in [0.25, 0.3) is 0 Å². The van der Waals surface area contributed by atoms with Crippen molar-refractivity contribution in [3.8, 4) is 0 Å². The Bertz CT molecular complexity index is 361. The SMILES string of the molecule is COCCNCCN(C)Cc1ccc(Br)cc1Br. The summed E-state index contributed by atoms with van der Waals surface area (Å²) in [6, 6.07) is 6.30. The van der Waals surface area contributed by atoms with Crippen molar-refractivity contribution in [1.29, 1.82) is 0 Å². The lowest BCUT2D eigenvalue weighted by atomic mass is 10.2. The zero-order valence-electron chi connectivity index (χ0n) is 10.9. The lowest BCUT2D eigenvalue weighted by molar-refractivity contribution is 0.197. The van der Waals surface area contributed by atoms with Crippen molar-refractivity contribution in [3.63, 3.8) is 0 Å². The Hall–Kier alpha value is 0.0600. The van der Waals surface area contributed by atoms with Gasteiger partial charge in [-0.1, -0.05) is 37.9 Å². The molecular weight excluding hydrogens is 360 g/mol. The molecule has 3 nitrogen and oxygen atoms in total. The number of ether oxygens (including phenoxy) is 1. The van der Waals surface area contributed by atoms with E-state index in [0.717, 1.165) is 41.7 Å². The quantitative estimate of drug-likeness (QED) is 0.703. The van der Waals surface area contributed by atoms with Gasteiger partial charge in [-0.3, -0.25) is 0 Å². The van der Waals surface area contributed by atoms with Crippen molar-refractivity contribution >= 4 is 31.9 Å². The van der Waals surface area contributed by atoms with E-state index in [-0.39, 0.29) is 0 Å². The molecule has 0 radical (unpaired) electrons. The molecule has 0 aliphatic heterocycles. The highest BCUT2D eigenvalue weighted by atomic mass is 79.9. The van der Waals surface area contributed by atoms with Gasteiger partial charge >= 0.3 is 0 Å². The molecule has 0 amide bonds. The first kappa shape index (κ1) is 16.1. The van der Waals surface area contributed by atoms with Crippen LogP contribution >= 0.6 is 31.9 Å². The van der Waals surface area contributed by atoms with Crippen molar-refractivity contribution in [1.82, 2.24) is 10.2 Å². The highest BCUT2D eigenvalue weighted by molar-refractivity contribution is 9.11. The van der Waals surface area contributed by atoms with E-state index in [4.69, 9.17) is 4.74 Å². The minimum atomic E-state index is 0.766. The summed E-state index contributed by atoms with van der Waals surface area (Å²) in [5, 5.41) is 3.34. The Morgan fingerprint density at radius 2 is 2.06 bits per heavy atom. The summed E-state index contributed by atoms with van der Waals surface area (Å²) in [4.78, 5) is 2.30. The Kier molecular flexibility index (Phi) is 8.10. The summed E-state index contributed by atoms with van der Waals surface area (Å²) in [5.74, 6) is 0. The number of hydrogen-bond donors (Lipinski definition) is 1. The average Bonchev–Trinajstić information content (AvgIpc) is 2.32. The summed E-state index contributed by atoms with van der Waals surface area (Å²) in [6.07, 6.45) is 0. The van der Waals surface area contributed by atoms with E-state index in [1.165, 1.54) is 5.56 Å². The van der Waals surface area contributed by atoms with E-state index in [1.807, 2.05) is 0 Å². The largest absolute Gasteiger partial charge is 0.383 e. The van der Waals surface area contributed by atoms with Crippen LogP contribution in [0.15, 0.2) is 27.1 Å². The maximum atomic E-state index is 4.98. The van der Waals surface area contributed by atoms with Crippen LogP contribution in [0.1, 0.15) is 5.56 Å². The first-order chi connectivity index (χ1) is 8.63. The van der Waals surface area contributed by atoms with Gasteiger partial charge < -0.3 is 15.0 Å². The first-order valence-electron chi connectivity index (χ1n) is 5.95. The second-order valence-electron chi connectivity index (χ2n) is 4.22. The number of hydrogen-bond acceptors (Lipinski definition) is 3. The predicted octanol–water partition coefficient (Wildman–Crippen LogP) is 2.88. The summed E-state index contributed by atoms with van der Waals surface area (Å²) in [7, 11) is 3.85. The van der Waals surface area contributed by atoms with Gasteiger partial charge in [0.2, 0.25) is 0 Å². The van der Waals surface area contributed by atoms with Crippen molar-refractivity contribution in [2.75, 3.05) is 40.4 Å². The van der Waals surface area contributed by atoms with Crippen molar-refractivity contribution in [2.45, 2.75) is 6.54 Å². The standard InChI is InChI=1S/C13H20Br2N2O/c1-17(7-5-16-6-8-18-2)10-11-3-4-12(14)9-13(11)15/h3-4,9,16H,5-8,10H2,1-2H3. The molecule has 0 aliphatic rings. The molecule has 1 rings (SSSR count). The highest BCUT2D eigenvalue weighted by Crippen LogP contribution is 2.22. The Balaban J connectivity index is 2.28. The van der Waals surface area contributed by atoms with E-state index in [9.17, 15) is 0 Å². The number of methoxy groups -OCH3 is 1. The molecule has 0 saturated heterocycles. The minimum absolute atomic E-state index is 0.766. The van der Waals surface area contributed by atoms with E-state index in [1.54, 1.807) is 7.11 Å². The average molecular weight is 380 g/mol. The van der Waals surface area contributed by atoms with E-state index < -0.39 is 0 Å². The van der Waals surface area contributed by atoms with Gasteiger partial charge in [-0.15, -0.1) is 0 Å². The van der Waals surface area contributed by atoms with Gasteiger partial charge in [-0.2, -0.15) is 0 Å². The van der Waals surface area contributed by atoms with Crippen LogP contribution in [0.4, 0.5) is 0 Å². The molecule has 1 aromatic carbocycles. The molecule has 102 valence electrons. The van der Waals surface area contributed by atoms with Crippen molar-refractivity contribution in [2.24, 2.45) is 0 Å². The molecule has 0 aromatic heterocycles. The van der Waals surface area contributed by atoms with Crippen LogP contribution in [-0.4, -0.2) is 45.3 Å². The van der Waals surface area contributed by atoms with E-state index in [2.05, 4.69) is 67.3 Å². The molecule has 1 N–H and O–H groups in total. The molecule has 0 heterocycles. The molecule has 1 aromatic rings. The second kappa shape index (κ2) is 9.04. The Morgan fingerprint density at radius 3 is 2.72 bits per heavy atom. The minimum Gasteiger partial charge on any atom is -0.383 e. The van der Waals surface area contributed by atoms with Gasteiger partial charge in [0.05, 0.1) is 6.61 Å². The number of nitrogens with zero attached hydrogens (tertiary/aromatic N) is 1. The Labute approximate surface area is 126 Å². The summed E-state index contributed by atoms with van der Waals surface area (Å²) >= 11 is 7.05. The van der Waals surface area contributed by atoms with Gasteiger partial charge in [-0.25, -0.2) is 0 Å². The fourth-order valence-corrected chi connectivity index (χ4v) is 2.76. The number of benzene rings is 1. The third kappa shape index (κ3) is 6.29.